The van der Waals surface area contributed by atoms with Crippen LogP contribution in [-0.4, -0.2) is 18.8 Å². The Kier molecular flexibility index (Phi) is 3.37. The first-order chi connectivity index (χ1) is 17.5. The van der Waals surface area contributed by atoms with Crippen LogP contribution in [0.4, 0.5) is 11.4 Å². The van der Waals surface area contributed by atoms with Crippen molar-refractivity contribution in [2.24, 2.45) is 0 Å². The van der Waals surface area contributed by atoms with Gasteiger partial charge >= 0.3 is 0 Å². The number of imidazole rings is 2. The minimum atomic E-state index is -0.369. The summed E-state index contributed by atoms with van der Waals surface area (Å²) in [5.41, 5.74) is 2.13. The van der Waals surface area contributed by atoms with Crippen LogP contribution in [0.1, 0.15) is 11.1 Å². The number of hydrogen-bond donors (Lipinski definition) is 0. The van der Waals surface area contributed by atoms with Crippen molar-refractivity contribution in [3.05, 3.63) is 91.1 Å². The van der Waals surface area contributed by atoms with Gasteiger partial charge in [0.1, 0.15) is 23.4 Å². The second-order valence-corrected chi connectivity index (χ2v) is 8.26. The van der Waals surface area contributed by atoms with Gasteiger partial charge in [-0.25, -0.2) is 9.97 Å². The minimum absolute atomic E-state index is 0.129. The molecule has 0 aliphatic carbocycles. The summed E-state index contributed by atoms with van der Waals surface area (Å²) in [5, 5.41) is 20.3. The lowest BCUT2D eigenvalue weighted by Gasteiger charge is -1.95. The summed E-state index contributed by atoms with van der Waals surface area (Å²) in [6, 6.07) is 13.1. The number of rotatable bonds is 0. The van der Waals surface area contributed by atoms with E-state index in [9.17, 15) is 20.1 Å². The van der Waals surface area contributed by atoms with Crippen LogP contribution in [0.15, 0.2) is 46.0 Å². The largest absolute Gasteiger partial charge is 0.268 e. The molecule has 3 aromatic carbocycles. The molecule has 162 valence electrons. The summed E-state index contributed by atoms with van der Waals surface area (Å²) >= 11 is 0. The molecule has 0 aliphatic rings. The molecule has 0 atom stereocenters. The fourth-order valence-corrected chi connectivity index (χ4v) is 4.93. The highest BCUT2D eigenvalue weighted by Crippen LogP contribution is 2.35. The maximum Gasteiger partial charge on any atom is 0.264 e. The zero-order valence-electron chi connectivity index (χ0n) is 17.9. The molecule has 0 N–H and O–H groups in total. The van der Waals surface area contributed by atoms with Crippen molar-refractivity contribution >= 4 is 66.3 Å². The van der Waals surface area contributed by atoms with Gasteiger partial charge in [-0.1, -0.05) is 0 Å². The summed E-state index contributed by atoms with van der Waals surface area (Å²) in [6.07, 6.45) is 0. The van der Waals surface area contributed by atoms with Gasteiger partial charge in [0, 0.05) is 10.8 Å². The van der Waals surface area contributed by atoms with Crippen molar-refractivity contribution in [1.82, 2.24) is 18.8 Å². The summed E-state index contributed by atoms with van der Waals surface area (Å²) in [6.45, 7) is 14.7. The van der Waals surface area contributed by atoms with Gasteiger partial charge in [0.2, 0.25) is 0 Å². The van der Waals surface area contributed by atoms with Crippen LogP contribution in [0.2, 0.25) is 0 Å². The van der Waals surface area contributed by atoms with Crippen molar-refractivity contribution < 1.29 is 0 Å². The Hall–Kier alpha value is -6.10. The zero-order valence-corrected chi connectivity index (χ0v) is 17.9. The average molecular weight is 462 g/mol. The summed E-state index contributed by atoms with van der Waals surface area (Å²) < 4.78 is 2.78. The van der Waals surface area contributed by atoms with Crippen molar-refractivity contribution in [1.29, 1.82) is 10.5 Å². The van der Waals surface area contributed by atoms with Crippen LogP contribution in [0.5, 0.6) is 0 Å². The third-order valence-electron chi connectivity index (χ3n) is 6.53. The van der Waals surface area contributed by atoms with Crippen molar-refractivity contribution in [2.75, 3.05) is 0 Å². The van der Waals surface area contributed by atoms with E-state index < -0.39 is 0 Å². The second-order valence-electron chi connectivity index (χ2n) is 8.26. The molecule has 0 aliphatic heterocycles. The Bertz CT molecular complexity index is 2280. The lowest BCUT2D eigenvalue weighted by Crippen LogP contribution is -2.06. The Labute approximate surface area is 199 Å². The van der Waals surface area contributed by atoms with E-state index in [2.05, 4.69) is 19.7 Å². The van der Waals surface area contributed by atoms with Gasteiger partial charge in [0.15, 0.2) is 11.4 Å². The Morgan fingerprint density at radius 2 is 1.14 bits per heavy atom. The molecule has 0 unspecified atom stereocenters. The smallest absolute Gasteiger partial charge is 0.264 e. The molecule has 0 saturated heterocycles. The SMILES string of the molecule is [C-]#[N+]c1cc2nc3c4cc5c(=O)n6c7cc(C#N)c(C#N)cc7nc6c5cc4c(=O)n3c2cc1[N+]#[C-]. The number of nitriles is 2. The van der Waals surface area contributed by atoms with E-state index in [4.69, 9.17) is 13.1 Å². The predicted molar refractivity (Wildman–Crippen MR) is 131 cm³/mol. The normalized spacial score (nSPS) is 11.4. The summed E-state index contributed by atoms with van der Waals surface area (Å²) in [5.74, 6) is 0. The molecule has 0 amide bonds. The van der Waals surface area contributed by atoms with Crippen LogP contribution in [0, 0.1) is 35.8 Å². The standard InChI is InChI=1S/C26H6N8O2/c1-29-17-7-20-22(8-18(17)30-2)34-24(32-20)14-6-15-13(5-16(14)26(34)36)23-31-19-3-11(9-27)12(10-28)4-21(19)33(23)25(15)35/h3-8H. The molecule has 7 rings (SSSR count). The number of nitrogens with zero attached hydrogens (tertiary/aromatic N) is 8. The maximum absolute atomic E-state index is 13.5. The molecule has 0 saturated carbocycles. The molecule has 0 spiro atoms. The monoisotopic (exact) mass is 462 g/mol. The molecular formula is C26H6N8O2. The molecule has 0 fully saturated rings. The van der Waals surface area contributed by atoms with E-state index in [1.807, 2.05) is 12.1 Å². The first-order valence-corrected chi connectivity index (χ1v) is 10.5. The maximum atomic E-state index is 13.5. The Morgan fingerprint density at radius 3 is 1.67 bits per heavy atom. The predicted octanol–water partition coefficient (Wildman–Crippen LogP) is 4.04. The summed E-state index contributed by atoms with van der Waals surface area (Å²) in [4.78, 5) is 42.7. The van der Waals surface area contributed by atoms with Crippen LogP contribution < -0.4 is 11.1 Å². The molecular weight excluding hydrogens is 456 g/mol. The average Bonchev–Trinajstić information content (AvgIpc) is 3.60. The molecule has 4 aromatic heterocycles. The Balaban J connectivity index is 1.64. The van der Waals surface area contributed by atoms with E-state index >= 15 is 0 Å². The van der Waals surface area contributed by atoms with Crippen molar-refractivity contribution in [3.63, 3.8) is 0 Å². The molecule has 0 bridgehead atoms. The lowest BCUT2D eigenvalue weighted by molar-refractivity contribution is 1.21. The van der Waals surface area contributed by atoms with E-state index in [-0.39, 0.29) is 33.6 Å². The molecule has 4 heterocycles. The van der Waals surface area contributed by atoms with Gasteiger partial charge < -0.3 is 0 Å². The van der Waals surface area contributed by atoms with Gasteiger partial charge in [0.25, 0.3) is 11.1 Å². The number of fused-ring (bicyclic) bond motifs is 10. The summed E-state index contributed by atoms with van der Waals surface area (Å²) in [7, 11) is 0. The number of benzene rings is 3. The van der Waals surface area contributed by atoms with Crippen LogP contribution >= 0.6 is 0 Å². The Morgan fingerprint density at radius 1 is 0.667 bits per heavy atom. The highest BCUT2D eigenvalue weighted by atomic mass is 16.1. The van der Waals surface area contributed by atoms with Crippen LogP contribution in [0.3, 0.4) is 0 Å². The zero-order chi connectivity index (χ0) is 24.9. The number of aromatic nitrogens is 4. The van der Waals surface area contributed by atoms with Crippen LogP contribution in [-0.2, 0) is 0 Å². The topological polar surface area (TPSA) is 125 Å². The van der Waals surface area contributed by atoms with Gasteiger partial charge in [-0.15, -0.1) is 0 Å². The van der Waals surface area contributed by atoms with Gasteiger partial charge in [-0.2, -0.15) is 10.5 Å². The molecule has 7 aromatic rings. The first kappa shape index (κ1) is 19.4. The minimum Gasteiger partial charge on any atom is -0.268 e. The highest BCUT2D eigenvalue weighted by Gasteiger charge is 2.22. The van der Waals surface area contributed by atoms with Crippen molar-refractivity contribution in [3.8, 4) is 12.1 Å². The van der Waals surface area contributed by atoms with Gasteiger partial charge in [-0.05, 0) is 36.4 Å². The van der Waals surface area contributed by atoms with E-state index in [0.29, 0.717) is 54.9 Å². The lowest BCUT2D eigenvalue weighted by atomic mass is 10.1. The van der Waals surface area contributed by atoms with Gasteiger partial charge in [-0.3, -0.25) is 28.1 Å². The van der Waals surface area contributed by atoms with E-state index in [0.717, 1.165) is 0 Å². The van der Waals surface area contributed by atoms with Crippen molar-refractivity contribution in [2.45, 2.75) is 0 Å². The fraction of sp³-hybridized carbons (Fsp3) is 0. The van der Waals surface area contributed by atoms with Crippen LogP contribution in [0.25, 0.3) is 64.6 Å². The molecule has 10 heteroatoms. The third kappa shape index (κ3) is 2.11. The molecule has 0 radical (unpaired) electrons. The fourth-order valence-electron chi connectivity index (χ4n) is 4.93. The quantitative estimate of drug-likeness (QED) is 0.313. The van der Waals surface area contributed by atoms with E-state index in [1.165, 1.54) is 33.1 Å². The first-order valence-electron chi connectivity index (χ1n) is 10.5. The molecule has 10 nitrogen and oxygen atoms in total. The highest BCUT2D eigenvalue weighted by molar-refractivity contribution is 6.12. The number of hydrogen-bond acceptors (Lipinski definition) is 6. The third-order valence-corrected chi connectivity index (χ3v) is 6.53. The van der Waals surface area contributed by atoms with Gasteiger partial charge in [0.05, 0.1) is 57.1 Å². The molecule has 36 heavy (non-hydrogen) atoms. The van der Waals surface area contributed by atoms with E-state index in [1.54, 1.807) is 12.1 Å². The second kappa shape index (κ2) is 6.27.